The first-order valence-electron chi connectivity index (χ1n) is 9.88. The van der Waals surface area contributed by atoms with Crippen molar-refractivity contribution in [1.29, 1.82) is 5.26 Å². The number of anilines is 1. The van der Waals surface area contributed by atoms with Crippen molar-refractivity contribution in [2.24, 2.45) is 5.73 Å². The second-order valence-corrected chi connectivity index (χ2v) is 9.63. The highest BCUT2D eigenvalue weighted by atomic mass is 32.2. The molecule has 4 rings (SSSR count). The molecule has 7 nitrogen and oxygen atoms in total. The Morgan fingerprint density at radius 3 is 2.71 bits per heavy atom. The van der Waals surface area contributed by atoms with Crippen LogP contribution in [0.4, 0.5) is 11.4 Å². The number of ketones is 1. The third-order valence-electron chi connectivity index (χ3n) is 5.48. The van der Waals surface area contributed by atoms with Gasteiger partial charge in [-0.05, 0) is 47.7 Å². The minimum atomic E-state index is -0.484. The van der Waals surface area contributed by atoms with Gasteiger partial charge in [-0.2, -0.15) is 5.26 Å². The zero-order chi connectivity index (χ0) is 22.1. The average Bonchev–Trinajstić information content (AvgIpc) is 3.21. The molecule has 0 saturated carbocycles. The van der Waals surface area contributed by atoms with Gasteiger partial charge in [0.2, 0.25) is 0 Å². The molecule has 2 aromatic rings. The number of thioether (sulfide) groups is 1. The van der Waals surface area contributed by atoms with E-state index in [1.807, 2.05) is 11.4 Å². The van der Waals surface area contributed by atoms with Crippen molar-refractivity contribution in [1.82, 2.24) is 0 Å². The van der Waals surface area contributed by atoms with E-state index in [-0.39, 0.29) is 17.3 Å². The van der Waals surface area contributed by atoms with Crippen molar-refractivity contribution in [2.75, 3.05) is 10.7 Å². The summed E-state index contributed by atoms with van der Waals surface area (Å²) >= 11 is 3.29. The number of rotatable bonds is 5. The number of thiophene rings is 1. The molecular formula is C22H20N4O3S2. The van der Waals surface area contributed by atoms with E-state index in [1.54, 1.807) is 40.1 Å². The standard InChI is InChI=1S/C22H20N4O3S2/c1-2-30-22-15(10-11-31-22)19-16(12-23)21(24)25(17-4-3-5-18(27)20(17)19)13-6-8-14(9-7-13)26(28)29/h6-11,19H,2-5,24H2,1H3/t19-/m0/s1. The molecular weight excluding hydrogens is 432 g/mol. The van der Waals surface area contributed by atoms with Crippen molar-refractivity contribution in [3.63, 3.8) is 0 Å². The molecule has 2 aliphatic rings. The number of non-ortho nitro benzene ring substituents is 1. The molecule has 0 fully saturated rings. The summed E-state index contributed by atoms with van der Waals surface area (Å²) in [6, 6.07) is 10.3. The van der Waals surface area contributed by atoms with Gasteiger partial charge in [-0.1, -0.05) is 6.92 Å². The van der Waals surface area contributed by atoms with Gasteiger partial charge in [0.25, 0.3) is 5.69 Å². The van der Waals surface area contributed by atoms with Gasteiger partial charge in [0, 0.05) is 35.5 Å². The third-order valence-corrected chi connectivity index (χ3v) is 7.63. The zero-order valence-electron chi connectivity index (χ0n) is 16.8. The van der Waals surface area contributed by atoms with Crippen LogP contribution in [-0.4, -0.2) is 16.5 Å². The number of hydrogen-bond acceptors (Lipinski definition) is 8. The number of nitro groups is 1. The lowest BCUT2D eigenvalue weighted by atomic mass is 9.76. The van der Waals surface area contributed by atoms with E-state index in [2.05, 4.69) is 13.0 Å². The summed E-state index contributed by atoms with van der Waals surface area (Å²) < 4.78 is 1.09. The summed E-state index contributed by atoms with van der Waals surface area (Å²) in [5.74, 6) is 0.698. The van der Waals surface area contributed by atoms with E-state index >= 15 is 0 Å². The van der Waals surface area contributed by atoms with Crippen LogP contribution in [0, 0.1) is 21.4 Å². The monoisotopic (exact) mass is 452 g/mol. The van der Waals surface area contributed by atoms with Crippen molar-refractivity contribution in [2.45, 2.75) is 36.3 Å². The molecule has 1 aliphatic heterocycles. The number of carbonyl (C=O) groups is 1. The maximum absolute atomic E-state index is 13.1. The highest BCUT2D eigenvalue weighted by Crippen LogP contribution is 2.49. The van der Waals surface area contributed by atoms with Gasteiger partial charge in [0.1, 0.15) is 5.82 Å². The van der Waals surface area contributed by atoms with Gasteiger partial charge in [-0.15, -0.1) is 23.1 Å². The van der Waals surface area contributed by atoms with Crippen LogP contribution in [0.2, 0.25) is 0 Å². The molecule has 158 valence electrons. The van der Waals surface area contributed by atoms with E-state index in [0.29, 0.717) is 36.1 Å². The van der Waals surface area contributed by atoms with Gasteiger partial charge in [0.15, 0.2) is 5.78 Å². The molecule has 0 saturated heterocycles. The number of nitrogens with two attached hydrogens (primary N) is 1. The van der Waals surface area contributed by atoms with Crippen LogP contribution >= 0.6 is 23.1 Å². The molecule has 2 N–H and O–H groups in total. The molecule has 0 spiro atoms. The zero-order valence-corrected chi connectivity index (χ0v) is 18.5. The Hall–Kier alpha value is -3.09. The molecule has 2 heterocycles. The van der Waals surface area contributed by atoms with Crippen molar-refractivity contribution >= 4 is 40.3 Å². The van der Waals surface area contributed by atoms with E-state index < -0.39 is 10.8 Å². The molecule has 1 aromatic carbocycles. The minimum Gasteiger partial charge on any atom is -0.384 e. The highest BCUT2D eigenvalue weighted by Gasteiger charge is 2.41. The van der Waals surface area contributed by atoms with Gasteiger partial charge < -0.3 is 5.73 Å². The molecule has 0 radical (unpaired) electrons. The molecule has 1 aliphatic carbocycles. The van der Waals surface area contributed by atoms with Gasteiger partial charge >= 0.3 is 0 Å². The van der Waals surface area contributed by atoms with Gasteiger partial charge in [-0.25, -0.2) is 0 Å². The predicted octanol–water partition coefficient (Wildman–Crippen LogP) is 5.07. The Kier molecular flexibility index (Phi) is 5.85. The van der Waals surface area contributed by atoms with Crippen LogP contribution in [0.3, 0.4) is 0 Å². The smallest absolute Gasteiger partial charge is 0.269 e. The summed E-state index contributed by atoms with van der Waals surface area (Å²) in [5.41, 5.74) is 9.79. The Bertz CT molecular complexity index is 1160. The summed E-state index contributed by atoms with van der Waals surface area (Å²) in [5, 5.41) is 23.1. The van der Waals surface area contributed by atoms with Crippen molar-refractivity contribution < 1.29 is 9.72 Å². The first kappa shape index (κ1) is 21.2. The Morgan fingerprint density at radius 2 is 2.06 bits per heavy atom. The number of allylic oxidation sites excluding steroid dienone is 3. The number of hydrogen-bond donors (Lipinski definition) is 1. The molecule has 9 heteroatoms. The summed E-state index contributed by atoms with van der Waals surface area (Å²) in [4.78, 5) is 25.4. The average molecular weight is 453 g/mol. The molecule has 31 heavy (non-hydrogen) atoms. The van der Waals surface area contributed by atoms with Crippen LogP contribution in [0.15, 0.2) is 62.6 Å². The SMILES string of the molecule is CCSc1sccc1[C@H]1C(C#N)=C(N)N(c2ccc([N+](=O)[O-])cc2)C2=C1C(=O)CCC2. The van der Waals surface area contributed by atoms with Crippen LogP contribution in [0.1, 0.15) is 37.7 Å². The second-order valence-electron chi connectivity index (χ2n) is 7.19. The first-order chi connectivity index (χ1) is 15.0. The lowest BCUT2D eigenvalue weighted by Crippen LogP contribution is -2.38. The Labute approximate surface area is 188 Å². The van der Waals surface area contributed by atoms with Crippen LogP contribution in [0.25, 0.3) is 0 Å². The van der Waals surface area contributed by atoms with Crippen LogP contribution < -0.4 is 10.6 Å². The Morgan fingerprint density at radius 1 is 1.32 bits per heavy atom. The lowest BCUT2D eigenvalue weighted by Gasteiger charge is -2.39. The van der Waals surface area contributed by atoms with Gasteiger partial charge in [-0.3, -0.25) is 19.8 Å². The first-order valence-corrected chi connectivity index (χ1v) is 11.7. The fourth-order valence-electron chi connectivity index (χ4n) is 4.18. The van der Waals surface area contributed by atoms with Crippen LogP contribution in [-0.2, 0) is 4.79 Å². The van der Waals surface area contributed by atoms with E-state index in [9.17, 15) is 20.2 Å². The lowest BCUT2D eigenvalue weighted by molar-refractivity contribution is -0.384. The van der Waals surface area contributed by atoms with Crippen molar-refractivity contribution in [3.05, 3.63) is 74.1 Å². The third kappa shape index (κ3) is 3.62. The minimum absolute atomic E-state index is 0.0251. The normalized spacial score (nSPS) is 18.8. The summed E-state index contributed by atoms with van der Waals surface area (Å²) in [7, 11) is 0. The number of Topliss-reactive ketones (excluding diaryl/α,β-unsaturated/α-hetero) is 1. The number of carbonyl (C=O) groups excluding carboxylic acids is 1. The molecule has 0 bridgehead atoms. The Balaban J connectivity index is 1.91. The van der Waals surface area contributed by atoms with E-state index in [1.165, 1.54) is 12.1 Å². The second kappa shape index (κ2) is 8.57. The number of benzene rings is 1. The molecule has 0 amide bonds. The fraction of sp³-hybridized carbons (Fsp3) is 0.273. The number of nitro benzene ring substituents is 1. The van der Waals surface area contributed by atoms with E-state index in [4.69, 9.17) is 5.73 Å². The quantitative estimate of drug-likeness (QED) is 0.382. The number of nitriles is 1. The van der Waals surface area contributed by atoms with E-state index in [0.717, 1.165) is 21.2 Å². The molecule has 1 aromatic heterocycles. The largest absolute Gasteiger partial charge is 0.384 e. The van der Waals surface area contributed by atoms with Crippen molar-refractivity contribution in [3.8, 4) is 6.07 Å². The van der Waals surface area contributed by atoms with Gasteiger partial charge in [0.05, 0.1) is 26.7 Å². The maximum atomic E-state index is 13.1. The molecule has 0 unspecified atom stereocenters. The maximum Gasteiger partial charge on any atom is 0.269 e. The topological polar surface area (TPSA) is 113 Å². The summed E-state index contributed by atoms with van der Waals surface area (Å²) in [6.45, 7) is 2.07. The highest BCUT2D eigenvalue weighted by molar-refractivity contribution is 8.01. The summed E-state index contributed by atoms with van der Waals surface area (Å²) in [6.07, 6.45) is 1.78. The molecule has 1 atom stereocenters. The van der Waals surface area contributed by atoms with Crippen LogP contribution in [0.5, 0.6) is 0 Å². The predicted molar refractivity (Wildman–Crippen MR) is 122 cm³/mol. The number of nitrogens with zero attached hydrogens (tertiary/aromatic N) is 3. The fourth-order valence-corrected chi connectivity index (χ4v) is 6.25.